The number of nitrogens with zero attached hydrogens (tertiary/aromatic N) is 1. The molecule has 0 bridgehead atoms. The summed E-state index contributed by atoms with van der Waals surface area (Å²) in [5.41, 5.74) is 1.49. The second kappa shape index (κ2) is 7.21. The van der Waals surface area contributed by atoms with E-state index in [1.54, 1.807) is 24.4 Å². The third-order valence-corrected chi connectivity index (χ3v) is 2.71. The van der Waals surface area contributed by atoms with Crippen molar-refractivity contribution < 1.29 is 19.7 Å². The van der Waals surface area contributed by atoms with Crippen LogP contribution in [0.4, 0.5) is 5.69 Å². The van der Waals surface area contributed by atoms with Gasteiger partial charge in [0.05, 0.1) is 17.9 Å². The molecule has 0 unspecified atom stereocenters. The van der Waals surface area contributed by atoms with E-state index in [4.69, 9.17) is 14.9 Å². The number of carboxylic acid groups (broad SMARTS) is 1. The van der Waals surface area contributed by atoms with Gasteiger partial charge >= 0.3 is 5.97 Å². The largest absolute Gasteiger partial charge is 0.491 e. The Hall–Kier alpha value is -2.66. The van der Waals surface area contributed by atoms with Crippen LogP contribution in [0, 0.1) is 0 Å². The van der Waals surface area contributed by atoms with E-state index >= 15 is 0 Å². The zero-order valence-corrected chi connectivity index (χ0v) is 11.3. The monoisotopic (exact) mass is 285 g/mol. The molecule has 2 rings (SSSR count). The molecule has 0 aromatic heterocycles. The van der Waals surface area contributed by atoms with Crippen LogP contribution in [0.2, 0.25) is 0 Å². The van der Waals surface area contributed by atoms with Crippen molar-refractivity contribution in [1.29, 1.82) is 0 Å². The molecule has 2 N–H and O–H groups in total. The van der Waals surface area contributed by atoms with Crippen LogP contribution in [0.25, 0.3) is 0 Å². The summed E-state index contributed by atoms with van der Waals surface area (Å²) in [6.07, 6.45) is 1.60. The van der Waals surface area contributed by atoms with Crippen LogP contribution >= 0.6 is 0 Å². The van der Waals surface area contributed by atoms with Gasteiger partial charge in [-0.2, -0.15) is 0 Å². The Morgan fingerprint density at radius 1 is 1.19 bits per heavy atom. The van der Waals surface area contributed by atoms with Crippen molar-refractivity contribution in [3.63, 3.8) is 0 Å². The average Bonchev–Trinajstić information content (AvgIpc) is 2.52. The molecule has 5 nitrogen and oxygen atoms in total. The second-order valence-corrected chi connectivity index (χ2v) is 4.22. The first-order valence-corrected chi connectivity index (χ1v) is 6.41. The SMILES string of the molecule is O=C(O)c1cccc(N=Cc2ccccc2OCCO)c1. The number of rotatable bonds is 6. The number of carbonyl (C=O) groups is 1. The Labute approximate surface area is 122 Å². The lowest BCUT2D eigenvalue weighted by Crippen LogP contribution is -2.03. The summed E-state index contributed by atoms with van der Waals surface area (Å²) in [6.45, 7) is 0.144. The molecule has 0 saturated heterocycles. The summed E-state index contributed by atoms with van der Waals surface area (Å²) >= 11 is 0. The van der Waals surface area contributed by atoms with Crippen molar-refractivity contribution in [3.05, 3.63) is 59.7 Å². The second-order valence-electron chi connectivity index (χ2n) is 4.22. The molecule has 0 radical (unpaired) electrons. The third kappa shape index (κ3) is 4.15. The van der Waals surface area contributed by atoms with Crippen molar-refractivity contribution in [2.45, 2.75) is 0 Å². The van der Waals surface area contributed by atoms with E-state index in [2.05, 4.69) is 4.99 Å². The van der Waals surface area contributed by atoms with Crippen LogP contribution in [0.3, 0.4) is 0 Å². The van der Waals surface area contributed by atoms with E-state index in [1.165, 1.54) is 12.1 Å². The highest BCUT2D eigenvalue weighted by atomic mass is 16.5. The number of aromatic carboxylic acids is 1. The Morgan fingerprint density at radius 2 is 2.00 bits per heavy atom. The van der Waals surface area contributed by atoms with E-state index in [0.717, 1.165) is 5.56 Å². The Balaban J connectivity index is 2.21. The molecule has 0 aliphatic carbocycles. The molecule has 2 aromatic carbocycles. The summed E-state index contributed by atoms with van der Waals surface area (Å²) in [5, 5.41) is 17.7. The van der Waals surface area contributed by atoms with Gasteiger partial charge < -0.3 is 14.9 Å². The summed E-state index contributed by atoms with van der Waals surface area (Å²) in [5.74, 6) is -0.372. The van der Waals surface area contributed by atoms with E-state index in [9.17, 15) is 4.79 Å². The lowest BCUT2D eigenvalue weighted by Gasteiger charge is -2.06. The number of hydrogen-bond donors (Lipinski definition) is 2. The fraction of sp³-hybridized carbons (Fsp3) is 0.125. The molecular formula is C16H15NO4. The topological polar surface area (TPSA) is 79.1 Å². The molecule has 0 spiro atoms. The number of hydrogen-bond acceptors (Lipinski definition) is 4. The van der Waals surface area contributed by atoms with E-state index in [1.807, 2.05) is 18.2 Å². The van der Waals surface area contributed by atoms with Crippen LogP contribution in [0.1, 0.15) is 15.9 Å². The molecule has 0 fully saturated rings. The van der Waals surface area contributed by atoms with Crippen molar-refractivity contribution in [2.24, 2.45) is 4.99 Å². The molecule has 0 aliphatic rings. The maximum absolute atomic E-state index is 10.9. The van der Waals surface area contributed by atoms with Gasteiger partial charge in [-0.05, 0) is 30.3 Å². The van der Waals surface area contributed by atoms with Gasteiger partial charge in [-0.15, -0.1) is 0 Å². The number of ether oxygens (including phenoxy) is 1. The van der Waals surface area contributed by atoms with Gasteiger partial charge in [0.1, 0.15) is 12.4 Å². The van der Waals surface area contributed by atoms with Gasteiger partial charge in [0, 0.05) is 11.8 Å². The zero-order chi connectivity index (χ0) is 15.1. The van der Waals surface area contributed by atoms with Gasteiger partial charge in [0.15, 0.2) is 0 Å². The number of aliphatic imine (C=N–C) groups is 1. The molecule has 0 atom stereocenters. The number of aliphatic hydroxyl groups is 1. The Kier molecular flexibility index (Phi) is 5.06. The predicted molar refractivity (Wildman–Crippen MR) is 79.7 cm³/mol. The van der Waals surface area contributed by atoms with Crippen molar-refractivity contribution in [2.75, 3.05) is 13.2 Å². The van der Waals surface area contributed by atoms with Gasteiger partial charge in [0.2, 0.25) is 0 Å². The first-order chi connectivity index (χ1) is 10.2. The zero-order valence-electron chi connectivity index (χ0n) is 11.3. The lowest BCUT2D eigenvalue weighted by atomic mass is 10.2. The standard InChI is InChI=1S/C16H15NO4/c18-8-9-21-15-7-2-1-4-13(15)11-17-14-6-3-5-12(10-14)16(19)20/h1-7,10-11,18H,8-9H2,(H,19,20). The molecule has 2 aromatic rings. The van der Waals surface area contributed by atoms with Crippen LogP contribution in [-0.2, 0) is 0 Å². The normalized spacial score (nSPS) is 10.7. The molecule has 21 heavy (non-hydrogen) atoms. The third-order valence-electron chi connectivity index (χ3n) is 2.71. The van der Waals surface area contributed by atoms with Gasteiger partial charge in [-0.3, -0.25) is 4.99 Å². The van der Waals surface area contributed by atoms with Crippen molar-refractivity contribution in [3.8, 4) is 5.75 Å². The van der Waals surface area contributed by atoms with Crippen LogP contribution in [-0.4, -0.2) is 35.6 Å². The first kappa shape index (κ1) is 14.7. The quantitative estimate of drug-likeness (QED) is 0.799. The maximum atomic E-state index is 10.9. The molecule has 0 heterocycles. The minimum Gasteiger partial charge on any atom is -0.491 e. The highest BCUT2D eigenvalue weighted by molar-refractivity contribution is 5.90. The van der Waals surface area contributed by atoms with Gasteiger partial charge in [-0.25, -0.2) is 4.79 Å². The number of aliphatic hydroxyl groups excluding tert-OH is 1. The first-order valence-electron chi connectivity index (χ1n) is 6.41. The smallest absolute Gasteiger partial charge is 0.335 e. The Bertz CT molecular complexity index is 652. The number of carboxylic acids is 1. The predicted octanol–water partition coefficient (Wildman–Crippen LogP) is 2.51. The van der Waals surface area contributed by atoms with E-state index in [0.29, 0.717) is 11.4 Å². The Morgan fingerprint density at radius 3 is 2.76 bits per heavy atom. The lowest BCUT2D eigenvalue weighted by molar-refractivity contribution is 0.0697. The molecule has 5 heteroatoms. The summed E-state index contributed by atoms with van der Waals surface area (Å²) < 4.78 is 5.40. The van der Waals surface area contributed by atoms with Crippen molar-refractivity contribution in [1.82, 2.24) is 0 Å². The summed E-state index contributed by atoms with van der Waals surface area (Å²) in [4.78, 5) is 15.2. The number of benzene rings is 2. The fourth-order valence-electron chi connectivity index (χ4n) is 1.74. The summed E-state index contributed by atoms with van der Waals surface area (Å²) in [6, 6.07) is 13.7. The van der Waals surface area contributed by atoms with Gasteiger partial charge in [0.25, 0.3) is 0 Å². The molecule has 0 saturated carbocycles. The van der Waals surface area contributed by atoms with Crippen LogP contribution in [0.5, 0.6) is 5.75 Å². The highest BCUT2D eigenvalue weighted by Gasteiger charge is 2.03. The minimum atomic E-state index is -0.987. The average molecular weight is 285 g/mol. The van der Waals surface area contributed by atoms with Crippen LogP contribution in [0.15, 0.2) is 53.5 Å². The van der Waals surface area contributed by atoms with Crippen LogP contribution < -0.4 is 4.74 Å². The number of para-hydroxylation sites is 1. The molecular weight excluding hydrogens is 270 g/mol. The molecule has 0 amide bonds. The maximum Gasteiger partial charge on any atom is 0.335 e. The minimum absolute atomic E-state index is 0.0634. The van der Waals surface area contributed by atoms with E-state index in [-0.39, 0.29) is 18.8 Å². The highest BCUT2D eigenvalue weighted by Crippen LogP contribution is 2.18. The fourth-order valence-corrected chi connectivity index (χ4v) is 1.74. The molecule has 108 valence electrons. The summed E-state index contributed by atoms with van der Waals surface area (Å²) in [7, 11) is 0. The van der Waals surface area contributed by atoms with E-state index < -0.39 is 5.97 Å². The van der Waals surface area contributed by atoms with Crippen molar-refractivity contribution >= 4 is 17.9 Å². The molecule has 0 aliphatic heterocycles. The van der Waals surface area contributed by atoms with Gasteiger partial charge in [-0.1, -0.05) is 18.2 Å².